The van der Waals surface area contributed by atoms with Crippen molar-refractivity contribution in [3.63, 3.8) is 0 Å². The molecule has 2 saturated heterocycles. The van der Waals surface area contributed by atoms with Gasteiger partial charge in [-0.2, -0.15) is 0 Å². The largest absolute Gasteiger partial charge is 0.379 e. The molecular formula is C15H30N2O2. The minimum absolute atomic E-state index is 0.0243. The molecule has 0 aliphatic carbocycles. The standard InChI is InChI=1S/C15H30N2O2/c1-5-6-16-14-10-18-9-13(14)8-17-7-12(2)19-15(3,4)11-17/h12-14,16H,5-11H2,1-4H3. The second kappa shape index (κ2) is 6.53. The van der Waals surface area contributed by atoms with Gasteiger partial charge >= 0.3 is 0 Å². The summed E-state index contributed by atoms with van der Waals surface area (Å²) in [6, 6.07) is 0.529. The molecule has 0 aromatic heterocycles. The fourth-order valence-electron chi connectivity index (χ4n) is 3.39. The Bertz CT molecular complexity index is 283. The first kappa shape index (κ1) is 15.2. The van der Waals surface area contributed by atoms with Crippen molar-refractivity contribution in [2.24, 2.45) is 5.92 Å². The van der Waals surface area contributed by atoms with E-state index in [1.807, 2.05) is 0 Å². The third-order valence-electron chi connectivity index (χ3n) is 3.99. The molecule has 0 spiro atoms. The van der Waals surface area contributed by atoms with Crippen molar-refractivity contribution in [2.75, 3.05) is 39.4 Å². The van der Waals surface area contributed by atoms with Gasteiger partial charge in [0.15, 0.2) is 0 Å². The zero-order valence-electron chi connectivity index (χ0n) is 12.9. The van der Waals surface area contributed by atoms with Gasteiger partial charge < -0.3 is 14.8 Å². The minimum Gasteiger partial charge on any atom is -0.379 e. The quantitative estimate of drug-likeness (QED) is 0.821. The van der Waals surface area contributed by atoms with Crippen molar-refractivity contribution >= 4 is 0 Å². The van der Waals surface area contributed by atoms with Gasteiger partial charge in [-0.15, -0.1) is 0 Å². The Labute approximate surface area is 117 Å². The molecule has 2 aliphatic heterocycles. The average molecular weight is 270 g/mol. The third-order valence-corrected chi connectivity index (χ3v) is 3.99. The molecule has 0 amide bonds. The van der Waals surface area contributed by atoms with Crippen LogP contribution in [0.25, 0.3) is 0 Å². The van der Waals surface area contributed by atoms with Gasteiger partial charge in [-0.3, -0.25) is 4.90 Å². The number of nitrogens with one attached hydrogen (secondary N) is 1. The first-order valence-electron chi connectivity index (χ1n) is 7.71. The summed E-state index contributed by atoms with van der Waals surface area (Å²) >= 11 is 0. The van der Waals surface area contributed by atoms with E-state index in [9.17, 15) is 0 Å². The van der Waals surface area contributed by atoms with Crippen molar-refractivity contribution in [2.45, 2.75) is 51.9 Å². The van der Waals surface area contributed by atoms with E-state index in [0.717, 1.165) is 39.4 Å². The van der Waals surface area contributed by atoms with Crippen LogP contribution in [0.3, 0.4) is 0 Å². The lowest BCUT2D eigenvalue weighted by Crippen LogP contribution is -2.54. The smallest absolute Gasteiger partial charge is 0.0757 e. The Kier molecular flexibility index (Phi) is 5.23. The summed E-state index contributed by atoms with van der Waals surface area (Å²) < 4.78 is 11.6. The zero-order valence-corrected chi connectivity index (χ0v) is 12.9. The maximum Gasteiger partial charge on any atom is 0.0757 e. The van der Waals surface area contributed by atoms with E-state index in [2.05, 4.69) is 37.9 Å². The van der Waals surface area contributed by atoms with Crippen LogP contribution in [0.1, 0.15) is 34.1 Å². The van der Waals surface area contributed by atoms with Crippen molar-refractivity contribution in [1.82, 2.24) is 10.2 Å². The summed E-state index contributed by atoms with van der Waals surface area (Å²) in [7, 11) is 0. The SMILES string of the molecule is CCCNC1COCC1CN1CC(C)OC(C)(C)C1. The fourth-order valence-corrected chi connectivity index (χ4v) is 3.39. The molecule has 3 unspecified atom stereocenters. The molecule has 2 heterocycles. The molecule has 1 N–H and O–H groups in total. The summed E-state index contributed by atoms with van der Waals surface area (Å²) in [5, 5.41) is 3.62. The van der Waals surface area contributed by atoms with E-state index in [0.29, 0.717) is 18.1 Å². The van der Waals surface area contributed by atoms with Crippen molar-refractivity contribution in [3.05, 3.63) is 0 Å². The normalized spacial score (nSPS) is 35.7. The Hall–Kier alpha value is -0.160. The second-order valence-electron chi connectivity index (χ2n) is 6.74. The number of hydrogen-bond acceptors (Lipinski definition) is 4. The van der Waals surface area contributed by atoms with E-state index < -0.39 is 0 Å². The summed E-state index contributed by atoms with van der Waals surface area (Å²) in [5.41, 5.74) is -0.0243. The van der Waals surface area contributed by atoms with E-state index in [4.69, 9.17) is 9.47 Å². The molecule has 2 aliphatic rings. The van der Waals surface area contributed by atoms with Gasteiger partial charge in [0.2, 0.25) is 0 Å². The minimum atomic E-state index is -0.0243. The maximum atomic E-state index is 5.97. The summed E-state index contributed by atoms with van der Waals surface area (Å²) in [6.07, 6.45) is 1.51. The van der Waals surface area contributed by atoms with Crippen LogP contribution in [0, 0.1) is 5.92 Å². The van der Waals surface area contributed by atoms with E-state index >= 15 is 0 Å². The van der Waals surface area contributed by atoms with Gasteiger partial charge in [0.1, 0.15) is 0 Å². The Morgan fingerprint density at radius 3 is 2.79 bits per heavy atom. The van der Waals surface area contributed by atoms with Gasteiger partial charge in [0.05, 0.1) is 24.9 Å². The Balaban J connectivity index is 1.85. The molecule has 19 heavy (non-hydrogen) atoms. The van der Waals surface area contributed by atoms with E-state index in [1.165, 1.54) is 6.42 Å². The molecule has 0 radical (unpaired) electrons. The second-order valence-corrected chi connectivity index (χ2v) is 6.74. The molecule has 112 valence electrons. The molecule has 0 aromatic rings. The van der Waals surface area contributed by atoms with Gasteiger partial charge in [-0.05, 0) is 33.7 Å². The first-order chi connectivity index (χ1) is 9.00. The van der Waals surface area contributed by atoms with E-state index in [1.54, 1.807) is 0 Å². The predicted octanol–water partition coefficient (Wildman–Crippen LogP) is 1.50. The highest BCUT2D eigenvalue weighted by atomic mass is 16.5. The molecule has 0 aromatic carbocycles. The van der Waals surface area contributed by atoms with Gasteiger partial charge in [-0.25, -0.2) is 0 Å². The highest BCUT2D eigenvalue weighted by molar-refractivity contribution is 4.88. The lowest BCUT2D eigenvalue weighted by molar-refractivity contribution is -0.131. The van der Waals surface area contributed by atoms with E-state index in [-0.39, 0.29) is 5.60 Å². The zero-order chi connectivity index (χ0) is 13.9. The lowest BCUT2D eigenvalue weighted by Gasteiger charge is -2.43. The van der Waals surface area contributed by atoms with Gasteiger partial charge in [0.25, 0.3) is 0 Å². The van der Waals surface area contributed by atoms with Crippen molar-refractivity contribution in [3.8, 4) is 0 Å². The topological polar surface area (TPSA) is 33.7 Å². The molecule has 3 atom stereocenters. The van der Waals surface area contributed by atoms with Crippen LogP contribution < -0.4 is 5.32 Å². The highest BCUT2D eigenvalue weighted by Gasteiger charge is 2.35. The first-order valence-corrected chi connectivity index (χ1v) is 7.71. The molecule has 4 heteroatoms. The van der Waals surface area contributed by atoms with Crippen LogP contribution >= 0.6 is 0 Å². The average Bonchev–Trinajstić information content (AvgIpc) is 2.71. The fraction of sp³-hybridized carbons (Fsp3) is 1.00. The molecule has 0 bridgehead atoms. The molecule has 2 rings (SSSR count). The number of rotatable bonds is 5. The number of nitrogens with zero attached hydrogens (tertiary/aromatic N) is 1. The predicted molar refractivity (Wildman–Crippen MR) is 77.5 cm³/mol. The lowest BCUT2D eigenvalue weighted by atomic mass is 9.99. The highest BCUT2D eigenvalue weighted by Crippen LogP contribution is 2.23. The van der Waals surface area contributed by atoms with Crippen LogP contribution in [-0.2, 0) is 9.47 Å². The van der Waals surface area contributed by atoms with Crippen LogP contribution in [0.15, 0.2) is 0 Å². The summed E-state index contributed by atoms with van der Waals surface area (Å²) in [5.74, 6) is 0.618. The molecule has 2 fully saturated rings. The van der Waals surface area contributed by atoms with Gasteiger partial charge in [-0.1, -0.05) is 6.92 Å². The molecule has 4 nitrogen and oxygen atoms in total. The molecule has 0 saturated carbocycles. The number of hydrogen-bond donors (Lipinski definition) is 1. The van der Waals surface area contributed by atoms with Crippen LogP contribution in [0.5, 0.6) is 0 Å². The van der Waals surface area contributed by atoms with Crippen molar-refractivity contribution < 1.29 is 9.47 Å². The molecular weight excluding hydrogens is 240 g/mol. The van der Waals surface area contributed by atoms with Crippen LogP contribution in [-0.4, -0.2) is 62.0 Å². The van der Waals surface area contributed by atoms with Crippen LogP contribution in [0.2, 0.25) is 0 Å². The monoisotopic (exact) mass is 270 g/mol. The van der Waals surface area contributed by atoms with Crippen molar-refractivity contribution in [1.29, 1.82) is 0 Å². The third kappa shape index (κ3) is 4.42. The number of morpholine rings is 1. The van der Waals surface area contributed by atoms with Crippen LogP contribution in [0.4, 0.5) is 0 Å². The Morgan fingerprint density at radius 1 is 1.32 bits per heavy atom. The Morgan fingerprint density at radius 2 is 2.11 bits per heavy atom. The number of ether oxygens (including phenoxy) is 2. The summed E-state index contributed by atoms with van der Waals surface area (Å²) in [4.78, 5) is 2.55. The summed E-state index contributed by atoms with van der Waals surface area (Å²) in [6.45, 7) is 14.8. The van der Waals surface area contributed by atoms with Gasteiger partial charge in [0, 0.05) is 31.6 Å². The maximum absolute atomic E-state index is 5.97.